The molecule has 5 nitrogen and oxygen atoms in total. The molecule has 0 spiro atoms. The number of hydrogen-bond donors (Lipinski definition) is 1. The number of sulfonamides is 1. The van der Waals surface area contributed by atoms with E-state index in [9.17, 15) is 8.42 Å². The van der Waals surface area contributed by atoms with Crippen LogP contribution in [0.4, 0.5) is 5.69 Å². The molecule has 0 aliphatic carbocycles. The summed E-state index contributed by atoms with van der Waals surface area (Å²) in [7, 11) is -2.06. The van der Waals surface area contributed by atoms with E-state index in [1.54, 1.807) is 25.1 Å². The second kappa shape index (κ2) is 5.30. The van der Waals surface area contributed by atoms with Gasteiger partial charge in [0.1, 0.15) is 11.5 Å². The van der Waals surface area contributed by atoms with Crippen LogP contribution >= 0.6 is 0 Å². The highest BCUT2D eigenvalue weighted by atomic mass is 32.2. The third-order valence-corrected chi connectivity index (χ3v) is 5.02. The van der Waals surface area contributed by atoms with Gasteiger partial charge in [-0.05, 0) is 43.7 Å². The predicted octanol–water partition coefficient (Wildman–Crippen LogP) is 2.30. The van der Waals surface area contributed by atoms with Crippen molar-refractivity contribution in [1.29, 1.82) is 0 Å². The Morgan fingerprint density at radius 1 is 1.20 bits per heavy atom. The Labute approximate surface area is 119 Å². The Balaban J connectivity index is 2.32. The largest absolute Gasteiger partial charge is 0.465 e. The average molecular weight is 294 g/mol. The van der Waals surface area contributed by atoms with Crippen LogP contribution in [0.25, 0.3) is 0 Å². The van der Waals surface area contributed by atoms with Gasteiger partial charge in [0.15, 0.2) is 0 Å². The molecule has 1 aromatic heterocycles. The summed E-state index contributed by atoms with van der Waals surface area (Å²) in [6.07, 6.45) is 0. The van der Waals surface area contributed by atoms with Crippen molar-refractivity contribution in [2.24, 2.45) is 0 Å². The third-order valence-electron chi connectivity index (χ3n) is 3.07. The SMILES string of the molecule is Cc1ccc(CN(C)S(=O)(=O)c2cc(N)ccc2C)o1. The highest BCUT2D eigenvalue weighted by Crippen LogP contribution is 2.23. The molecule has 0 unspecified atom stereocenters. The first kappa shape index (κ1) is 14.6. The molecule has 2 N–H and O–H groups in total. The van der Waals surface area contributed by atoms with E-state index in [0.29, 0.717) is 17.0 Å². The van der Waals surface area contributed by atoms with Crippen LogP contribution in [0.1, 0.15) is 17.1 Å². The number of rotatable bonds is 4. The molecule has 1 heterocycles. The fraction of sp³-hybridized carbons (Fsp3) is 0.286. The highest BCUT2D eigenvalue weighted by molar-refractivity contribution is 7.89. The molecule has 0 atom stereocenters. The molecular formula is C14H18N2O3S. The van der Waals surface area contributed by atoms with Crippen molar-refractivity contribution < 1.29 is 12.8 Å². The fourth-order valence-electron chi connectivity index (χ4n) is 1.94. The molecular weight excluding hydrogens is 276 g/mol. The summed E-state index contributed by atoms with van der Waals surface area (Å²) in [5.41, 5.74) is 6.77. The summed E-state index contributed by atoms with van der Waals surface area (Å²) in [5, 5.41) is 0. The van der Waals surface area contributed by atoms with E-state index in [2.05, 4.69) is 0 Å². The highest BCUT2D eigenvalue weighted by Gasteiger charge is 2.23. The van der Waals surface area contributed by atoms with Crippen LogP contribution in [-0.4, -0.2) is 19.8 Å². The molecule has 0 saturated carbocycles. The maximum atomic E-state index is 12.5. The van der Waals surface area contributed by atoms with Crippen molar-refractivity contribution in [1.82, 2.24) is 4.31 Å². The van der Waals surface area contributed by atoms with Crippen molar-refractivity contribution in [3.63, 3.8) is 0 Å². The van der Waals surface area contributed by atoms with Gasteiger partial charge >= 0.3 is 0 Å². The van der Waals surface area contributed by atoms with Crippen LogP contribution in [0.15, 0.2) is 39.6 Å². The maximum absolute atomic E-state index is 12.5. The van der Waals surface area contributed by atoms with Crippen LogP contribution in [-0.2, 0) is 16.6 Å². The molecule has 6 heteroatoms. The van der Waals surface area contributed by atoms with Gasteiger partial charge in [-0.2, -0.15) is 4.31 Å². The lowest BCUT2D eigenvalue weighted by Crippen LogP contribution is -2.27. The van der Waals surface area contributed by atoms with Gasteiger partial charge in [0, 0.05) is 12.7 Å². The Bertz CT molecular complexity index is 720. The Kier molecular flexibility index (Phi) is 3.87. The quantitative estimate of drug-likeness (QED) is 0.878. The van der Waals surface area contributed by atoms with E-state index in [0.717, 1.165) is 5.76 Å². The van der Waals surface area contributed by atoms with Crippen LogP contribution in [0.3, 0.4) is 0 Å². The number of nitrogens with two attached hydrogens (primary N) is 1. The van der Waals surface area contributed by atoms with Gasteiger partial charge in [0.25, 0.3) is 0 Å². The Hall–Kier alpha value is -1.79. The first-order chi connectivity index (χ1) is 9.30. The first-order valence-electron chi connectivity index (χ1n) is 6.18. The molecule has 0 aliphatic rings. The molecule has 1 aromatic carbocycles. The molecule has 108 valence electrons. The van der Waals surface area contributed by atoms with E-state index in [1.807, 2.05) is 13.0 Å². The summed E-state index contributed by atoms with van der Waals surface area (Å²) in [6, 6.07) is 8.45. The number of furan rings is 1. The van der Waals surface area contributed by atoms with E-state index in [4.69, 9.17) is 10.2 Å². The zero-order valence-electron chi connectivity index (χ0n) is 11.8. The molecule has 2 rings (SSSR count). The minimum absolute atomic E-state index is 0.185. The number of nitrogen functional groups attached to an aromatic ring is 1. The van der Waals surface area contributed by atoms with Crippen molar-refractivity contribution >= 4 is 15.7 Å². The van der Waals surface area contributed by atoms with E-state index in [1.165, 1.54) is 17.4 Å². The number of anilines is 1. The number of nitrogens with zero attached hydrogens (tertiary/aromatic N) is 1. The Morgan fingerprint density at radius 3 is 2.50 bits per heavy atom. The molecule has 0 bridgehead atoms. The monoisotopic (exact) mass is 294 g/mol. The Morgan fingerprint density at radius 2 is 1.90 bits per heavy atom. The lowest BCUT2D eigenvalue weighted by atomic mass is 10.2. The fourth-order valence-corrected chi connectivity index (χ4v) is 3.33. The normalized spacial score (nSPS) is 12.0. The van der Waals surface area contributed by atoms with Crippen molar-refractivity contribution in [3.05, 3.63) is 47.4 Å². The van der Waals surface area contributed by atoms with E-state index >= 15 is 0 Å². The van der Waals surface area contributed by atoms with Gasteiger partial charge in [0.2, 0.25) is 10.0 Å². The van der Waals surface area contributed by atoms with Gasteiger partial charge in [-0.15, -0.1) is 0 Å². The molecule has 0 aliphatic heterocycles. The van der Waals surface area contributed by atoms with Gasteiger partial charge < -0.3 is 10.2 Å². The van der Waals surface area contributed by atoms with Gasteiger partial charge in [-0.25, -0.2) is 8.42 Å². The van der Waals surface area contributed by atoms with Crippen LogP contribution in [0.2, 0.25) is 0 Å². The standard InChI is InChI=1S/C14H18N2O3S/c1-10-4-6-12(15)8-14(10)20(17,18)16(3)9-13-7-5-11(2)19-13/h4-8H,9,15H2,1-3H3. The predicted molar refractivity (Wildman–Crippen MR) is 77.7 cm³/mol. The summed E-state index contributed by atoms with van der Waals surface area (Å²) >= 11 is 0. The molecule has 0 saturated heterocycles. The lowest BCUT2D eigenvalue weighted by molar-refractivity contribution is 0.397. The second-order valence-corrected chi connectivity index (χ2v) is 6.81. The average Bonchev–Trinajstić information content (AvgIpc) is 2.77. The van der Waals surface area contributed by atoms with Crippen molar-refractivity contribution in [2.45, 2.75) is 25.3 Å². The number of aryl methyl sites for hydroxylation is 2. The summed E-state index contributed by atoms with van der Waals surface area (Å²) in [5.74, 6) is 1.36. The van der Waals surface area contributed by atoms with Crippen LogP contribution in [0.5, 0.6) is 0 Å². The zero-order chi connectivity index (χ0) is 14.9. The second-order valence-electron chi connectivity index (χ2n) is 4.80. The summed E-state index contributed by atoms with van der Waals surface area (Å²) < 4.78 is 31.8. The zero-order valence-corrected chi connectivity index (χ0v) is 12.6. The summed E-state index contributed by atoms with van der Waals surface area (Å²) in [4.78, 5) is 0.225. The lowest BCUT2D eigenvalue weighted by Gasteiger charge is -2.17. The molecule has 0 fully saturated rings. The van der Waals surface area contributed by atoms with E-state index in [-0.39, 0.29) is 11.4 Å². The topological polar surface area (TPSA) is 76.5 Å². The third kappa shape index (κ3) is 2.86. The molecule has 20 heavy (non-hydrogen) atoms. The molecule has 2 aromatic rings. The van der Waals surface area contributed by atoms with Crippen LogP contribution < -0.4 is 5.73 Å². The van der Waals surface area contributed by atoms with Gasteiger partial charge in [-0.1, -0.05) is 6.07 Å². The summed E-state index contributed by atoms with van der Waals surface area (Å²) in [6.45, 7) is 3.75. The smallest absolute Gasteiger partial charge is 0.243 e. The van der Waals surface area contributed by atoms with Crippen LogP contribution in [0, 0.1) is 13.8 Å². The minimum atomic E-state index is -3.59. The number of benzene rings is 1. The minimum Gasteiger partial charge on any atom is -0.465 e. The van der Waals surface area contributed by atoms with Crippen molar-refractivity contribution in [2.75, 3.05) is 12.8 Å². The first-order valence-corrected chi connectivity index (χ1v) is 7.62. The van der Waals surface area contributed by atoms with Gasteiger partial charge in [-0.3, -0.25) is 0 Å². The van der Waals surface area contributed by atoms with Gasteiger partial charge in [0.05, 0.1) is 11.4 Å². The van der Waals surface area contributed by atoms with E-state index < -0.39 is 10.0 Å². The van der Waals surface area contributed by atoms with Crippen molar-refractivity contribution in [3.8, 4) is 0 Å². The molecule has 0 radical (unpaired) electrons. The number of hydrogen-bond acceptors (Lipinski definition) is 4. The maximum Gasteiger partial charge on any atom is 0.243 e. The molecule has 0 amide bonds.